The summed E-state index contributed by atoms with van der Waals surface area (Å²) in [5.74, 6) is -0.137. The molecule has 1 saturated carbocycles. The van der Waals surface area contributed by atoms with E-state index in [0.29, 0.717) is 6.42 Å². The van der Waals surface area contributed by atoms with E-state index in [9.17, 15) is 9.90 Å². The van der Waals surface area contributed by atoms with E-state index in [1.165, 1.54) is 0 Å². The number of hydrogen-bond donors (Lipinski definition) is 1. The van der Waals surface area contributed by atoms with Gasteiger partial charge in [0.1, 0.15) is 5.60 Å². The molecule has 1 rings (SSSR count). The number of carbonyl (C=O) groups excluding carboxylic acids is 1. The molecule has 0 radical (unpaired) electrons. The number of aliphatic hydroxyl groups excluding tert-OH is 1. The lowest BCUT2D eigenvalue weighted by Gasteiger charge is -2.30. The van der Waals surface area contributed by atoms with Crippen molar-refractivity contribution in [2.24, 2.45) is 5.92 Å². The van der Waals surface area contributed by atoms with E-state index in [0.717, 1.165) is 32.1 Å². The Morgan fingerprint density at radius 3 is 2.45 bits per heavy atom. The molecule has 0 amide bonds. The Kier molecular flexibility index (Phi) is 6.69. The van der Waals surface area contributed by atoms with Crippen molar-refractivity contribution in [3.05, 3.63) is 12.7 Å². The maximum absolute atomic E-state index is 12.0. The minimum atomic E-state index is -0.726. The summed E-state index contributed by atoms with van der Waals surface area (Å²) >= 11 is 0. The van der Waals surface area contributed by atoms with E-state index in [1.807, 2.05) is 20.8 Å². The molecule has 1 aliphatic carbocycles. The van der Waals surface area contributed by atoms with Gasteiger partial charge in [0, 0.05) is 6.42 Å². The fourth-order valence-electron chi connectivity index (χ4n) is 2.37. The summed E-state index contributed by atoms with van der Waals surface area (Å²) in [6.45, 7) is 9.27. The van der Waals surface area contributed by atoms with Crippen molar-refractivity contribution >= 4 is 5.97 Å². The van der Waals surface area contributed by atoms with E-state index < -0.39 is 11.9 Å². The number of ether oxygens (including phenoxy) is 2. The van der Waals surface area contributed by atoms with Crippen molar-refractivity contribution in [3.8, 4) is 0 Å². The largest absolute Gasteiger partial charge is 0.460 e. The highest BCUT2D eigenvalue weighted by Gasteiger charge is 2.30. The lowest BCUT2D eigenvalue weighted by Crippen LogP contribution is -2.33. The Labute approximate surface area is 122 Å². The second kappa shape index (κ2) is 7.79. The van der Waals surface area contributed by atoms with Crippen molar-refractivity contribution in [2.45, 2.75) is 77.3 Å². The molecule has 4 heteroatoms. The van der Waals surface area contributed by atoms with E-state index >= 15 is 0 Å². The van der Waals surface area contributed by atoms with Gasteiger partial charge in [-0.1, -0.05) is 6.08 Å². The Morgan fingerprint density at radius 1 is 1.35 bits per heavy atom. The van der Waals surface area contributed by atoms with Gasteiger partial charge in [-0.3, -0.25) is 4.79 Å². The number of rotatable bonds is 6. The van der Waals surface area contributed by atoms with E-state index in [1.54, 1.807) is 6.08 Å². The molecule has 0 spiro atoms. The highest BCUT2D eigenvalue weighted by molar-refractivity contribution is 5.72. The molecular weight excluding hydrogens is 256 g/mol. The summed E-state index contributed by atoms with van der Waals surface area (Å²) in [6.07, 6.45) is 5.56. The summed E-state index contributed by atoms with van der Waals surface area (Å²) in [6, 6.07) is 0. The maximum Gasteiger partial charge on any atom is 0.309 e. The predicted molar refractivity (Wildman–Crippen MR) is 78.1 cm³/mol. The predicted octanol–water partition coefficient (Wildman–Crippen LogP) is 3.19. The van der Waals surface area contributed by atoms with E-state index in [4.69, 9.17) is 9.47 Å². The maximum atomic E-state index is 12.0. The third-order valence-corrected chi connectivity index (χ3v) is 3.38. The molecule has 1 aliphatic rings. The lowest BCUT2D eigenvalue weighted by atomic mass is 9.87. The van der Waals surface area contributed by atoms with Crippen LogP contribution in [-0.4, -0.2) is 29.1 Å². The van der Waals surface area contributed by atoms with Crippen LogP contribution in [-0.2, 0) is 14.3 Å². The van der Waals surface area contributed by atoms with Crippen LogP contribution in [0.1, 0.15) is 59.3 Å². The van der Waals surface area contributed by atoms with Crippen molar-refractivity contribution in [1.29, 1.82) is 0 Å². The molecule has 0 aromatic heterocycles. The molecule has 0 aromatic rings. The first-order valence-corrected chi connectivity index (χ1v) is 7.49. The number of aliphatic hydroxyl groups is 1. The molecule has 1 N–H and O–H groups in total. The second-order valence-electron chi connectivity index (χ2n) is 6.46. The van der Waals surface area contributed by atoms with Gasteiger partial charge < -0.3 is 14.6 Å². The van der Waals surface area contributed by atoms with Gasteiger partial charge in [0.15, 0.2) is 6.29 Å². The zero-order valence-electron chi connectivity index (χ0n) is 12.9. The topological polar surface area (TPSA) is 55.8 Å². The van der Waals surface area contributed by atoms with Crippen LogP contribution < -0.4 is 0 Å². The van der Waals surface area contributed by atoms with E-state index in [2.05, 4.69) is 6.58 Å². The van der Waals surface area contributed by atoms with Crippen molar-refractivity contribution in [1.82, 2.24) is 0 Å². The minimum absolute atomic E-state index is 0.0283. The van der Waals surface area contributed by atoms with Crippen LogP contribution in [0.5, 0.6) is 0 Å². The lowest BCUT2D eigenvalue weighted by molar-refractivity contribution is -0.167. The van der Waals surface area contributed by atoms with Crippen LogP contribution in [0.25, 0.3) is 0 Å². The quantitative estimate of drug-likeness (QED) is 0.462. The Hall–Kier alpha value is -0.870. The fraction of sp³-hybridized carbons (Fsp3) is 0.812. The van der Waals surface area contributed by atoms with Gasteiger partial charge in [-0.05, 0) is 52.9 Å². The van der Waals surface area contributed by atoms with Crippen molar-refractivity contribution < 1.29 is 19.4 Å². The molecule has 0 aliphatic heterocycles. The summed E-state index contributed by atoms with van der Waals surface area (Å²) in [4.78, 5) is 12.0. The van der Waals surface area contributed by atoms with Crippen LogP contribution in [0.2, 0.25) is 0 Å². The second-order valence-corrected chi connectivity index (χ2v) is 6.46. The summed E-state index contributed by atoms with van der Waals surface area (Å²) < 4.78 is 11.0. The molecule has 0 unspecified atom stereocenters. The Balaban J connectivity index is 2.29. The van der Waals surface area contributed by atoms with Crippen LogP contribution in [0.15, 0.2) is 12.7 Å². The fourth-order valence-corrected chi connectivity index (χ4v) is 2.37. The first-order valence-electron chi connectivity index (χ1n) is 7.49. The van der Waals surface area contributed by atoms with Crippen LogP contribution in [0.4, 0.5) is 0 Å². The third-order valence-electron chi connectivity index (χ3n) is 3.38. The molecule has 0 bridgehead atoms. The van der Waals surface area contributed by atoms with Crippen LogP contribution in [0.3, 0.4) is 0 Å². The van der Waals surface area contributed by atoms with Crippen molar-refractivity contribution in [3.63, 3.8) is 0 Å². The number of hydrogen-bond acceptors (Lipinski definition) is 4. The summed E-state index contributed by atoms with van der Waals surface area (Å²) in [5, 5.41) is 9.70. The molecule has 20 heavy (non-hydrogen) atoms. The molecule has 4 nitrogen and oxygen atoms in total. The summed E-state index contributed by atoms with van der Waals surface area (Å²) in [7, 11) is 0. The zero-order chi connectivity index (χ0) is 15.2. The normalized spacial score (nSPS) is 25.0. The SMILES string of the molecule is C=CCC[C@H](O)OC1CCC(C(=O)OC(C)(C)C)CC1. The highest BCUT2D eigenvalue weighted by Crippen LogP contribution is 2.29. The van der Waals surface area contributed by atoms with E-state index in [-0.39, 0.29) is 18.0 Å². The first kappa shape index (κ1) is 17.2. The number of allylic oxidation sites excluding steroid dienone is 1. The van der Waals surface area contributed by atoms with Crippen molar-refractivity contribution in [2.75, 3.05) is 0 Å². The van der Waals surface area contributed by atoms with Gasteiger partial charge in [-0.25, -0.2) is 0 Å². The number of esters is 1. The molecular formula is C16H28O4. The molecule has 0 aromatic carbocycles. The van der Waals surface area contributed by atoms with Gasteiger partial charge >= 0.3 is 5.97 Å². The monoisotopic (exact) mass is 284 g/mol. The van der Waals surface area contributed by atoms with Crippen LogP contribution in [0, 0.1) is 5.92 Å². The van der Waals surface area contributed by atoms with Crippen LogP contribution >= 0.6 is 0 Å². The molecule has 1 fully saturated rings. The Bertz CT molecular complexity index is 311. The van der Waals surface area contributed by atoms with Gasteiger partial charge in [0.25, 0.3) is 0 Å². The smallest absolute Gasteiger partial charge is 0.309 e. The average molecular weight is 284 g/mol. The Morgan fingerprint density at radius 2 is 1.95 bits per heavy atom. The molecule has 0 heterocycles. The van der Waals surface area contributed by atoms with Gasteiger partial charge in [0.2, 0.25) is 0 Å². The first-order chi connectivity index (χ1) is 9.31. The van der Waals surface area contributed by atoms with Gasteiger partial charge in [0.05, 0.1) is 12.0 Å². The zero-order valence-corrected chi connectivity index (χ0v) is 12.9. The van der Waals surface area contributed by atoms with Gasteiger partial charge in [-0.15, -0.1) is 6.58 Å². The molecule has 1 atom stereocenters. The molecule has 116 valence electrons. The van der Waals surface area contributed by atoms with Gasteiger partial charge in [-0.2, -0.15) is 0 Å². The average Bonchev–Trinajstić information content (AvgIpc) is 2.35. The summed E-state index contributed by atoms with van der Waals surface area (Å²) in [5.41, 5.74) is -0.425. The standard InChI is InChI=1S/C16H28O4/c1-5-6-7-14(17)19-13-10-8-12(9-11-13)15(18)20-16(2,3)4/h5,12-14,17H,1,6-11H2,2-4H3/t12?,13?,14-/m1/s1. The minimum Gasteiger partial charge on any atom is -0.460 e. The highest BCUT2D eigenvalue weighted by atomic mass is 16.6. The number of carbonyl (C=O) groups is 1. The third kappa shape index (κ3) is 6.53. The molecule has 0 saturated heterocycles.